The first-order chi connectivity index (χ1) is 4.26. The molecule has 0 aliphatic rings. The highest BCUT2D eigenvalue weighted by Crippen LogP contribution is 1.90. The molecule has 53 valence electrons. The summed E-state index contributed by atoms with van der Waals surface area (Å²) in [6, 6.07) is 0. The van der Waals surface area contributed by atoms with E-state index in [1.54, 1.807) is 20.3 Å². The lowest BCUT2D eigenvalue weighted by atomic mass is 10.6. The zero-order valence-corrected chi connectivity index (χ0v) is 6.76. The first-order valence-corrected chi connectivity index (χ1v) is 3.98. The van der Waals surface area contributed by atoms with Gasteiger partial charge in [0, 0.05) is 14.2 Å². The van der Waals surface area contributed by atoms with Crippen molar-refractivity contribution in [1.82, 2.24) is 0 Å². The van der Waals surface area contributed by atoms with E-state index >= 15 is 0 Å². The third-order valence-electron chi connectivity index (χ3n) is 0.928. The van der Waals surface area contributed by atoms with Crippen LogP contribution < -0.4 is 5.73 Å². The Kier molecular flexibility index (Phi) is 4.61. The Morgan fingerprint density at radius 2 is 2.00 bits per heavy atom. The summed E-state index contributed by atoms with van der Waals surface area (Å²) in [7, 11) is 1.88. The Labute approximate surface area is 57.3 Å². The van der Waals surface area contributed by atoms with E-state index in [4.69, 9.17) is 14.6 Å². The minimum Gasteiger partial charge on any atom is -0.396 e. The van der Waals surface area contributed by atoms with Crippen molar-refractivity contribution in [2.24, 2.45) is 5.73 Å². The quantitative estimate of drug-likeness (QED) is 0.442. The van der Waals surface area contributed by atoms with Gasteiger partial charge in [-0.25, -0.2) is 0 Å². The van der Waals surface area contributed by atoms with Crippen molar-refractivity contribution in [3.63, 3.8) is 0 Å². The smallest absolute Gasteiger partial charge is 0.396 e. The molecule has 0 aliphatic carbocycles. The van der Waals surface area contributed by atoms with E-state index in [0.717, 1.165) is 0 Å². The molecule has 0 aromatic rings. The maximum absolute atomic E-state index is 5.52. The third kappa shape index (κ3) is 2.76. The van der Waals surface area contributed by atoms with Crippen molar-refractivity contribution >= 4 is 9.28 Å². The van der Waals surface area contributed by atoms with E-state index in [2.05, 4.69) is 6.58 Å². The fraction of sp³-hybridized carbons (Fsp3) is 0.600. The minimum absolute atomic E-state index is 0.148. The molecule has 2 N–H and O–H groups in total. The molecular formula is C5H12NO2Si. The molecule has 9 heavy (non-hydrogen) atoms. The van der Waals surface area contributed by atoms with Gasteiger partial charge in [-0.2, -0.15) is 0 Å². The lowest BCUT2D eigenvalue weighted by Crippen LogP contribution is -2.40. The molecule has 0 aromatic heterocycles. The molecule has 0 aromatic carbocycles. The molecule has 0 fully saturated rings. The standard InChI is InChI=1S/C5H12NO2Si/c1-4-5(6)9(7-2)8-3/h4-5H,1,6H2,2-3H3. The summed E-state index contributed by atoms with van der Waals surface area (Å²) in [4.78, 5) is 0. The molecule has 0 rings (SSSR count). The summed E-state index contributed by atoms with van der Waals surface area (Å²) in [5, 5.41) is 0. The van der Waals surface area contributed by atoms with Gasteiger partial charge in [-0.15, -0.1) is 6.58 Å². The van der Waals surface area contributed by atoms with Crippen LogP contribution in [0.25, 0.3) is 0 Å². The van der Waals surface area contributed by atoms with E-state index in [0.29, 0.717) is 0 Å². The molecule has 0 heterocycles. The van der Waals surface area contributed by atoms with Crippen molar-refractivity contribution in [1.29, 1.82) is 0 Å². The summed E-state index contributed by atoms with van der Waals surface area (Å²) in [5.41, 5.74) is 5.37. The third-order valence-corrected chi connectivity index (χ3v) is 2.51. The number of hydrogen-bond acceptors (Lipinski definition) is 3. The van der Waals surface area contributed by atoms with Crippen LogP contribution in [0, 0.1) is 0 Å². The summed E-state index contributed by atoms with van der Waals surface area (Å²) in [5.74, 6) is 0. The van der Waals surface area contributed by atoms with Crippen molar-refractivity contribution < 1.29 is 8.85 Å². The zero-order valence-electron chi connectivity index (χ0n) is 5.76. The van der Waals surface area contributed by atoms with Gasteiger partial charge in [-0.1, -0.05) is 6.08 Å². The van der Waals surface area contributed by atoms with Crippen LogP contribution in [0.15, 0.2) is 12.7 Å². The zero-order chi connectivity index (χ0) is 7.28. The molecule has 3 nitrogen and oxygen atoms in total. The molecule has 1 radical (unpaired) electrons. The SMILES string of the molecule is C=CC(N)[Si](OC)OC. The molecule has 1 unspecified atom stereocenters. The van der Waals surface area contributed by atoms with E-state index in [9.17, 15) is 0 Å². The highest BCUT2D eigenvalue weighted by molar-refractivity contribution is 6.47. The van der Waals surface area contributed by atoms with Crippen LogP contribution in [0.4, 0.5) is 0 Å². The van der Waals surface area contributed by atoms with Gasteiger partial charge < -0.3 is 14.6 Å². The lowest BCUT2D eigenvalue weighted by molar-refractivity contribution is 0.272. The lowest BCUT2D eigenvalue weighted by Gasteiger charge is -2.12. The first-order valence-electron chi connectivity index (χ1n) is 2.59. The van der Waals surface area contributed by atoms with E-state index in [1.807, 2.05) is 0 Å². The van der Waals surface area contributed by atoms with Gasteiger partial charge in [0.2, 0.25) is 0 Å². The minimum atomic E-state index is -1.29. The summed E-state index contributed by atoms with van der Waals surface area (Å²) in [6.45, 7) is 3.52. The summed E-state index contributed by atoms with van der Waals surface area (Å²) in [6.07, 6.45) is 1.63. The molecule has 0 bridgehead atoms. The molecule has 0 saturated heterocycles. The van der Waals surface area contributed by atoms with E-state index in [-0.39, 0.29) is 5.67 Å². The normalized spacial score (nSPS) is 13.8. The van der Waals surface area contributed by atoms with Gasteiger partial charge in [-0.3, -0.25) is 0 Å². The molecule has 0 spiro atoms. The van der Waals surface area contributed by atoms with Gasteiger partial charge >= 0.3 is 9.28 Å². The van der Waals surface area contributed by atoms with Crippen LogP contribution in [0.1, 0.15) is 0 Å². The van der Waals surface area contributed by atoms with Crippen LogP contribution in [0.5, 0.6) is 0 Å². The fourth-order valence-corrected chi connectivity index (χ4v) is 1.36. The van der Waals surface area contributed by atoms with Gasteiger partial charge in [0.05, 0.1) is 5.67 Å². The first kappa shape index (κ1) is 8.84. The van der Waals surface area contributed by atoms with Crippen molar-refractivity contribution in [3.05, 3.63) is 12.7 Å². The number of nitrogens with two attached hydrogens (primary N) is 1. The predicted octanol–water partition coefficient (Wildman–Crippen LogP) is -0.180. The molecule has 1 atom stereocenters. The molecule has 4 heteroatoms. The van der Waals surface area contributed by atoms with Crippen molar-refractivity contribution in [3.8, 4) is 0 Å². The van der Waals surface area contributed by atoms with Crippen LogP contribution in [0.2, 0.25) is 0 Å². The Bertz CT molecular complexity index is 85.0. The van der Waals surface area contributed by atoms with Gasteiger partial charge in [0.15, 0.2) is 0 Å². The van der Waals surface area contributed by atoms with Crippen LogP contribution in [-0.4, -0.2) is 29.2 Å². The largest absolute Gasteiger partial charge is 0.406 e. The molecule has 0 amide bonds. The predicted molar refractivity (Wildman–Crippen MR) is 37.9 cm³/mol. The summed E-state index contributed by atoms with van der Waals surface area (Å²) >= 11 is 0. The Hall–Kier alpha value is -0.163. The Balaban J connectivity index is 3.63. The Morgan fingerprint density at radius 1 is 1.56 bits per heavy atom. The van der Waals surface area contributed by atoms with Crippen molar-refractivity contribution in [2.75, 3.05) is 14.2 Å². The van der Waals surface area contributed by atoms with Crippen molar-refractivity contribution in [2.45, 2.75) is 5.67 Å². The second-order valence-electron chi connectivity index (χ2n) is 1.49. The highest BCUT2D eigenvalue weighted by Gasteiger charge is 2.18. The fourth-order valence-electron chi connectivity index (χ4n) is 0.452. The number of rotatable bonds is 4. The molecular weight excluding hydrogens is 134 g/mol. The summed E-state index contributed by atoms with van der Waals surface area (Å²) < 4.78 is 9.87. The maximum Gasteiger partial charge on any atom is 0.406 e. The second kappa shape index (κ2) is 4.69. The number of hydrogen-bond donors (Lipinski definition) is 1. The van der Waals surface area contributed by atoms with E-state index < -0.39 is 9.28 Å². The van der Waals surface area contributed by atoms with Gasteiger partial charge in [0.1, 0.15) is 0 Å². The van der Waals surface area contributed by atoms with Gasteiger partial charge in [-0.05, 0) is 0 Å². The van der Waals surface area contributed by atoms with Gasteiger partial charge in [0.25, 0.3) is 0 Å². The maximum atomic E-state index is 5.52. The van der Waals surface area contributed by atoms with Crippen LogP contribution in [0.3, 0.4) is 0 Å². The Morgan fingerprint density at radius 3 is 2.11 bits per heavy atom. The second-order valence-corrected chi connectivity index (χ2v) is 3.61. The topological polar surface area (TPSA) is 44.5 Å². The molecule has 0 saturated carbocycles. The average molecular weight is 146 g/mol. The van der Waals surface area contributed by atoms with Crippen LogP contribution >= 0.6 is 0 Å². The van der Waals surface area contributed by atoms with E-state index in [1.165, 1.54) is 0 Å². The highest BCUT2D eigenvalue weighted by atomic mass is 28.3. The monoisotopic (exact) mass is 146 g/mol. The van der Waals surface area contributed by atoms with Crippen LogP contribution in [-0.2, 0) is 8.85 Å². The average Bonchev–Trinajstić information content (AvgIpc) is 1.90. The molecule has 0 aliphatic heterocycles.